The highest BCUT2D eigenvalue weighted by molar-refractivity contribution is 7.89. The van der Waals surface area contributed by atoms with E-state index in [-0.39, 0.29) is 24.5 Å². The number of nitrogens with one attached hydrogen (secondary N) is 1. The minimum Gasteiger partial charge on any atom is -0.497 e. The lowest BCUT2D eigenvalue weighted by Gasteiger charge is -2.11. The molecule has 0 atom stereocenters. The van der Waals surface area contributed by atoms with E-state index in [1.165, 1.54) is 6.07 Å². The first-order valence-corrected chi connectivity index (χ1v) is 9.52. The summed E-state index contributed by atoms with van der Waals surface area (Å²) in [6, 6.07) is 11.6. The zero-order valence-electron chi connectivity index (χ0n) is 14.3. The van der Waals surface area contributed by atoms with Gasteiger partial charge >= 0.3 is 0 Å². The fourth-order valence-corrected chi connectivity index (χ4v) is 3.46. The summed E-state index contributed by atoms with van der Waals surface area (Å²) in [5, 5.41) is 0. The second-order valence-corrected chi connectivity index (χ2v) is 7.41. The third-order valence-electron chi connectivity index (χ3n) is 3.81. The minimum absolute atomic E-state index is 0.133. The van der Waals surface area contributed by atoms with Gasteiger partial charge in [-0.15, -0.1) is 0 Å². The smallest absolute Gasteiger partial charge is 0.211 e. The Labute approximate surface area is 147 Å². The van der Waals surface area contributed by atoms with Gasteiger partial charge in [-0.05, 0) is 36.1 Å². The molecule has 0 fully saturated rings. The molecule has 0 saturated heterocycles. The first-order chi connectivity index (χ1) is 11.9. The fraction of sp³-hybridized carbons (Fsp3) is 0.333. The van der Waals surface area contributed by atoms with Crippen molar-refractivity contribution in [3.8, 4) is 11.5 Å². The van der Waals surface area contributed by atoms with Gasteiger partial charge in [-0.25, -0.2) is 17.5 Å². The average Bonchev–Trinajstić information content (AvgIpc) is 2.61. The van der Waals surface area contributed by atoms with E-state index in [0.29, 0.717) is 23.5 Å². The van der Waals surface area contributed by atoms with Gasteiger partial charge < -0.3 is 9.47 Å². The number of hydrogen-bond acceptors (Lipinski definition) is 4. The summed E-state index contributed by atoms with van der Waals surface area (Å²) >= 11 is 0. The van der Waals surface area contributed by atoms with Crippen LogP contribution in [0.5, 0.6) is 11.5 Å². The Bertz CT molecular complexity index is 808. The number of methoxy groups -OCH3 is 2. The Hall–Kier alpha value is -2.12. The SMILES string of the molecule is COc1ccc(CCNS(=O)(=O)CCc2ccccc2F)c(OC)c1. The van der Waals surface area contributed by atoms with Crippen LogP contribution in [-0.4, -0.2) is 34.9 Å². The number of sulfonamides is 1. The van der Waals surface area contributed by atoms with E-state index >= 15 is 0 Å². The van der Waals surface area contributed by atoms with Crippen molar-refractivity contribution in [2.24, 2.45) is 0 Å². The molecule has 136 valence electrons. The van der Waals surface area contributed by atoms with E-state index in [2.05, 4.69) is 4.72 Å². The maximum Gasteiger partial charge on any atom is 0.211 e. The Morgan fingerprint density at radius 2 is 1.76 bits per heavy atom. The quantitative estimate of drug-likeness (QED) is 0.740. The van der Waals surface area contributed by atoms with E-state index in [4.69, 9.17) is 9.47 Å². The van der Waals surface area contributed by atoms with Crippen molar-refractivity contribution in [1.82, 2.24) is 4.72 Å². The van der Waals surface area contributed by atoms with Crippen LogP contribution in [0.1, 0.15) is 11.1 Å². The molecule has 0 aliphatic rings. The zero-order chi connectivity index (χ0) is 18.3. The molecule has 1 N–H and O–H groups in total. The van der Waals surface area contributed by atoms with Gasteiger partial charge in [0.2, 0.25) is 10.0 Å². The van der Waals surface area contributed by atoms with Crippen molar-refractivity contribution in [2.45, 2.75) is 12.8 Å². The lowest BCUT2D eigenvalue weighted by atomic mass is 10.1. The molecule has 0 spiro atoms. The maximum atomic E-state index is 13.5. The van der Waals surface area contributed by atoms with Crippen molar-refractivity contribution in [2.75, 3.05) is 26.5 Å². The lowest BCUT2D eigenvalue weighted by molar-refractivity contribution is 0.391. The molecule has 0 radical (unpaired) electrons. The van der Waals surface area contributed by atoms with Crippen LogP contribution in [0, 0.1) is 5.82 Å². The largest absolute Gasteiger partial charge is 0.497 e. The normalized spacial score (nSPS) is 11.3. The molecule has 7 heteroatoms. The van der Waals surface area contributed by atoms with Crippen molar-refractivity contribution >= 4 is 10.0 Å². The highest BCUT2D eigenvalue weighted by Crippen LogP contribution is 2.24. The second kappa shape index (κ2) is 8.82. The lowest BCUT2D eigenvalue weighted by Crippen LogP contribution is -2.29. The number of aryl methyl sites for hydroxylation is 1. The summed E-state index contributed by atoms with van der Waals surface area (Å²) in [6.45, 7) is 0.238. The average molecular weight is 367 g/mol. The van der Waals surface area contributed by atoms with Gasteiger partial charge in [-0.3, -0.25) is 0 Å². The van der Waals surface area contributed by atoms with Gasteiger partial charge in [0.25, 0.3) is 0 Å². The van der Waals surface area contributed by atoms with Crippen molar-refractivity contribution in [3.63, 3.8) is 0 Å². The number of ether oxygens (including phenoxy) is 2. The monoisotopic (exact) mass is 367 g/mol. The van der Waals surface area contributed by atoms with Crippen LogP contribution in [0.4, 0.5) is 4.39 Å². The zero-order valence-corrected chi connectivity index (χ0v) is 15.1. The fourth-order valence-electron chi connectivity index (χ4n) is 2.42. The Kier molecular flexibility index (Phi) is 6.78. The Morgan fingerprint density at radius 1 is 1.00 bits per heavy atom. The van der Waals surface area contributed by atoms with Gasteiger partial charge in [0, 0.05) is 12.6 Å². The highest BCUT2D eigenvalue weighted by atomic mass is 32.2. The molecule has 0 bridgehead atoms. The van der Waals surface area contributed by atoms with Crippen molar-refractivity contribution < 1.29 is 22.3 Å². The van der Waals surface area contributed by atoms with Gasteiger partial charge in [0.1, 0.15) is 17.3 Å². The summed E-state index contributed by atoms with van der Waals surface area (Å²) < 4.78 is 50.7. The summed E-state index contributed by atoms with van der Waals surface area (Å²) in [6.07, 6.45) is 0.611. The first kappa shape index (κ1) is 19.2. The van der Waals surface area contributed by atoms with Gasteiger partial charge in [0.15, 0.2) is 0 Å². The molecule has 0 aliphatic carbocycles. The molecular weight excluding hydrogens is 345 g/mol. The molecule has 0 amide bonds. The van der Waals surface area contributed by atoms with Crippen LogP contribution < -0.4 is 14.2 Å². The van der Waals surface area contributed by atoms with Crippen LogP contribution >= 0.6 is 0 Å². The summed E-state index contributed by atoms with van der Waals surface area (Å²) in [5.74, 6) is 0.768. The topological polar surface area (TPSA) is 64.6 Å². The summed E-state index contributed by atoms with van der Waals surface area (Å²) in [5.41, 5.74) is 1.27. The van der Waals surface area contributed by atoms with Gasteiger partial charge in [-0.2, -0.15) is 0 Å². The summed E-state index contributed by atoms with van der Waals surface area (Å²) in [4.78, 5) is 0. The Morgan fingerprint density at radius 3 is 2.44 bits per heavy atom. The molecule has 0 heterocycles. The molecule has 0 aliphatic heterocycles. The molecule has 0 aromatic heterocycles. The number of rotatable bonds is 9. The predicted molar refractivity (Wildman–Crippen MR) is 95.1 cm³/mol. The van der Waals surface area contributed by atoms with Crippen LogP contribution in [0.15, 0.2) is 42.5 Å². The van der Waals surface area contributed by atoms with E-state index < -0.39 is 10.0 Å². The maximum absolute atomic E-state index is 13.5. The molecule has 5 nitrogen and oxygen atoms in total. The molecule has 2 aromatic rings. The number of halogens is 1. The molecule has 0 unspecified atom stereocenters. The van der Waals surface area contributed by atoms with Crippen LogP contribution in [-0.2, 0) is 22.9 Å². The van der Waals surface area contributed by atoms with E-state index in [1.807, 2.05) is 6.07 Å². The predicted octanol–water partition coefficient (Wildman–Crippen LogP) is 2.55. The van der Waals surface area contributed by atoms with Crippen LogP contribution in [0.25, 0.3) is 0 Å². The van der Waals surface area contributed by atoms with E-state index in [0.717, 1.165) is 5.56 Å². The van der Waals surface area contributed by atoms with Gasteiger partial charge in [-0.1, -0.05) is 24.3 Å². The first-order valence-electron chi connectivity index (χ1n) is 7.87. The molecule has 2 rings (SSSR count). The highest BCUT2D eigenvalue weighted by Gasteiger charge is 2.13. The molecular formula is C18H22FNO4S. The van der Waals surface area contributed by atoms with Gasteiger partial charge in [0.05, 0.1) is 20.0 Å². The molecule has 0 saturated carbocycles. The third kappa shape index (κ3) is 5.72. The van der Waals surface area contributed by atoms with E-state index in [9.17, 15) is 12.8 Å². The van der Waals surface area contributed by atoms with Crippen LogP contribution in [0.2, 0.25) is 0 Å². The number of hydrogen-bond donors (Lipinski definition) is 1. The standard InChI is InChI=1S/C18H22FNO4S/c1-23-16-8-7-15(18(13-16)24-2)9-11-20-25(21,22)12-10-14-5-3-4-6-17(14)19/h3-8,13,20H,9-12H2,1-2H3. The van der Waals surface area contributed by atoms with Crippen molar-refractivity contribution in [1.29, 1.82) is 0 Å². The molecule has 2 aromatic carbocycles. The second-order valence-electron chi connectivity index (χ2n) is 5.48. The minimum atomic E-state index is -3.48. The third-order valence-corrected chi connectivity index (χ3v) is 5.19. The molecule has 25 heavy (non-hydrogen) atoms. The Balaban J connectivity index is 1.89. The van der Waals surface area contributed by atoms with Crippen molar-refractivity contribution in [3.05, 3.63) is 59.4 Å². The number of benzene rings is 2. The summed E-state index contributed by atoms with van der Waals surface area (Å²) in [7, 11) is -0.361. The van der Waals surface area contributed by atoms with E-state index in [1.54, 1.807) is 44.6 Å². The van der Waals surface area contributed by atoms with Crippen LogP contribution in [0.3, 0.4) is 0 Å².